The Morgan fingerprint density at radius 1 is 1.86 bits per heavy atom. The van der Waals surface area contributed by atoms with Gasteiger partial charge in [0.2, 0.25) is 0 Å². The normalized spacial score (nSPS) is 6.57. The van der Waals surface area contributed by atoms with Gasteiger partial charge in [-0.3, -0.25) is 0 Å². The molecule has 0 aromatic carbocycles. The number of carboxylic acid groups (broad SMARTS) is 1. The van der Waals surface area contributed by atoms with E-state index in [4.69, 9.17) is 9.90 Å². The SMILES string of the molecule is CC(=O)[O-].CC[PH3+]. The van der Waals surface area contributed by atoms with Crippen molar-refractivity contribution < 1.29 is 9.90 Å². The first-order chi connectivity index (χ1) is 3.15. The minimum Gasteiger partial charge on any atom is -0.550 e. The van der Waals surface area contributed by atoms with Gasteiger partial charge in [-0.1, -0.05) is 0 Å². The van der Waals surface area contributed by atoms with Crippen molar-refractivity contribution in [1.29, 1.82) is 0 Å². The summed E-state index contributed by atoms with van der Waals surface area (Å²) in [6.07, 6.45) is 1.28. The number of carbonyl (C=O) groups excluding carboxylic acids is 1. The fourth-order valence-electron chi connectivity index (χ4n) is 0. The molecule has 3 heteroatoms. The zero-order valence-corrected chi connectivity index (χ0v) is 6.14. The maximum Gasteiger partial charge on any atom is 0.0498 e. The molecule has 0 radical (unpaired) electrons. The molecule has 1 unspecified atom stereocenters. The second-order valence-electron chi connectivity index (χ2n) is 0.992. The minimum atomic E-state index is -1.08. The lowest BCUT2D eigenvalue weighted by molar-refractivity contribution is -0.302. The lowest BCUT2D eigenvalue weighted by Crippen LogP contribution is -2.16. The molecule has 0 aliphatic carbocycles. The van der Waals surface area contributed by atoms with Crippen LogP contribution in [0.15, 0.2) is 0 Å². The molecule has 0 aliphatic rings. The Kier molecular flexibility index (Phi) is 13.3. The zero-order valence-electron chi connectivity index (χ0n) is 4.73. The predicted molar refractivity (Wildman–Crippen MR) is 32.3 cm³/mol. The van der Waals surface area contributed by atoms with Gasteiger partial charge in [-0.15, -0.1) is 0 Å². The molecular formula is C4H11O2P. The van der Waals surface area contributed by atoms with Gasteiger partial charge in [-0.2, -0.15) is 0 Å². The summed E-state index contributed by atoms with van der Waals surface area (Å²) < 4.78 is 0. The van der Waals surface area contributed by atoms with Crippen LogP contribution in [-0.4, -0.2) is 12.1 Å². The van der Waals surface area contributed by atoms with Crippen molar-refractivity contribution >= 4 is 15.2 Å². The molecule has 0 N–H and O–H groups in total. The summed E-state index contributed by atoms with van der Waals surface area (Å²) in [5.41, 5.74) is 0. The summed E-state index contributed by atoms with van der Waals surface area (Å²) in [7, 11) is 1.97. The Balaban J connectivity index is 0. The van der Waals surface area contributed by atoms with Crippen molar-refractivity contribution in [3.63, 3.8) is 0 Å². The first-order valence-electron chi connectivity index (χ1n) is 2.12. The Bertz CT molecular complexity index is 41.0. The van der Waals surface area contributed by atoms with E-state index in [-0.39, 0.29) is 0 Å². The van der Waals surface area contributed by atoms with Crippen molar-refractivity contribution in [2.75, 3.05) is 6.16 Å². The van der Waals surface area contributed by atoms with E-state index in [1.807, 2.05) is 9.24 Å². The second-order valence-corrected chi connectivity index (χ2v) is 1.99. The van der Waals surface area contributed by atoms with Crippen LogP contribution >= 0.6 is 9.24 Å². The van der Waals surface area contributed by atoms with Gasteiger partial charge in [0, 0.05) is 12.1 Å². The number of hydrogen-bond acceptors (Lipinski definition) is 2. The maximum absolute atomic E-state index is 8.89. The minimum absolute atomic E-state index is 0.972. The van der Waals surface area contributed by atoms with Crippen LogP contribution in [0.4, 0.5) is 0 Å². The third-order valence-corrected chi connectivity index (χ3v) is 0. The van der Waals surface area contributed by atoms with Crippen molar-refractivity contribution in [3.8, 4) is 0 Å². The fourth-order valence-corrected chi connectivity index (χ4v) is 0. The highest BCUT2D eigenvalue weighted by molar-refractivity contribution is 7.16. The van der Waals surface area contributed by atoms with E-state index in [2.05, 4.69) is 6.92 Å². The highest BCUT2D eigenvalue weighted by Gasteiger charge is 1.46. The van der Waals surface area contributed by atoms with Crippen molar-refractivity contribution in [2.24, 2.45) is 0 Å². The predicted octanol–water partition coefficient (Wildman–Crippen LogP) is -0.630. The zero-order chi connectivity index (χ0) is 6.28. The molecule has 0 aromatic heterocycles. The van der Waals surface area contributed by atoms with E-state index < -0.39 is 5.97 Å². The Morgan fingerprint density at radius 2 is 1.86 bits per heavy atom. The second kappa shape index (κ2) is 9.31. The summed E-state index contributed by atoms with van der Waals surface area (Å²) in [6.45, 7) is 3.11. The van der Waals surface area contributed by atoms with Crippen molar-refractivity contribution in [1.82, 2.24) is 0 Å². The Hall–Kier alpha value is -0.100. The average Bonchev–Trinajstić information content (AvgIpc) is 1.33. The number of hydrogen-bond donors (Lipinski definition) is 0. The van der Waals surface area contributed by atoms with Crippen LogP contribution in [0.5, 0.6) is 0 Å². The molecule has 0 saturated carbocycles. The molecule has 0 heterocycles. The van der Waals surface area contributed by atoms with Crippen LogP contribution in [0.25, 0.3) is 0 Å². The average molecular weight is 122 g/mol. The van der Waals surface area contributed by atoms with Crippen molar-refractivity contribution in [3.05, 3.63) is 0 Å². The summed E-state index contributed by atoms with van der Waals surface area (Å²) in [6, 6.07) is 0. The van der Waals surface area contributed by atoms with Gasteiger partial charge in [-0.25, -0.2) is 0 Å². The molecule has 0 spiro atoms. The summed E-state index contributed by atoms with van der Waals surface area (Å²) in [5, 5.41) is 8.89. The first-order valence-corrected chi connectivity index (χ1v) is 3.12. The largest absolute Gasteiger partial charge is 0.550 e. The summed E-state index contributed by atoms with van der Waals surface area (Å²) in [5.74, 6) is -1.08. The summed E-state index contributed by atoms with van der Waals surface area (Å²) >= 11 is 0. The number of rotatable bonds is 0. The van der Waals surface area contributed by atoms with Crippen LogP contribution in [0.3, 0.4) is 0 Å². The van der Waals surface area contributed by atoms with Crippen LogP contribution in [-0.2, 0) is 4.79 Å². The standard InChI is InChI=1S/C2H4O2.C2H7P/c1-2(3)4;1-2-3/h1H3,(H,3,4);2-3H2,1H3. The van der Waals surface area contributed by atoms with E-state index in [9.17, 15) is 0 Å². The number of aliphatic carboxylic acids is 1. The molecular weight excluding hydrogens is 111 g/mol. The highest BCUT2D eigenvalue weighted by atomic mass is 31.0. The molecule has 0 aromatic rings. The third-order valence-electron chi connectivity index (χ3n) is 0. The fraction of sp³-hybridized carbons (Fsp3) is 0.750. The van der Waals surface area contributed by atoms with Gasteiger partial charge in [0.25, 0.3) is 0 Å². The van der Waals surface area contributed by atoms with Gasteiger partial charge >= 0.3 is 0 Å². The van der Waals surface area contributed by atoms with Gasteiger partial charge in [0.1, 0.15) is 0 Å². The van der Waals surface area contributed by atoms with Crippen LogP contribution in [0.2, 0.25) is 0 Å². The molecule has 7 heavy (non-hydrogen) atoms. The molecule has 1 atom stereocenters. The van der Waals surface area contributed by atoms with Crippen LogP contribution < -0.4 is 5.11 Å². The quantitative estimate of drug-likeness (QED) is 0.401. The van der Waals surface area contributed by atoms with Crippen molar-refractivity contribution in [2.45, 2.75) is 13.8 Å². The molecule has 0 saturated heterocycles. The smallest absolute Gasteiger partial charge is 0.0498 e. The van der Waals surface area contributed by atoms with E-state index in [1.54, 1.807) is 0 Å². The number of carboxylic acids is 1. The van der Waals surface area contributed by atoms with Gasteiger partial charge in [0.15, 0.2) is 0 Å². The molecule has 0 bridgehead atoms. The van der Waals surface area contributed by atoms with E-state index >= 15 is 0 Å². The van der Waals surface area contributed by atoms with E-state index in [0.29, 0.717) is 0 Å². The van der Waals surface area contributed by atoms with Gasteiger partial charge in [-0.05, 0) is 23.1 Å². The molecule has 0 amide bonds. The van der Waals surface area contributed by atoms with E-state index in [0.717, 1.165) is 6.92 Å². The Labute approximate surface area is 46.1 Å². The maximum atomic E-state index is 8.89. The highest BCUT2D eigenvalue weighted by Crippen LogP contribution is 1.68. The van der Waals surface area contributed by atoms with Crippen LogP contribution in [0, 0.1) is 0 Å². The monoisotopic (exact) mass is 122 g/mol. The topological polar surface area (TPSA) is 40.1 Å². The molecule has 0 aliphatic heterocycles. The molecule has 2 nitrogen and oxygen atoms in total. The van der Waals surface area contributed by atoms with Crippen LogP contribution in [0.1, 0.15) is 13.8 Å². The number of carbonyl (C=O) groups is 1. The molecule has 44 valence electrons. The van der Waals surface area contributed by atoms with E-state index in [1.165, 1.54) is 6.16 Å². The van der Waals surface area contributed by atoms with Gasteiger partial charge in [0.05, 0.1) is 0 Å². The lowest BCUT2D eigenvalue weighted by atomic mass is 10.9. The first kappa shape index (κ1) is 10.0. The summed E-state index contributed by atoms with van der Waals surface area (Å²) in [4.78, 5) is 8.89. The van der Waals surface area contributed by atoms with Gasteiger partial charge < -0.3 is 9.90 Å². The lowest BCUT2D eigenvalue weighted by Gasteiger charge is -1.77. The third kappa shape index (κ3) is 8970. The molecule has 0 rings (SSSR count). The molecule has 0 fully saturated rings. The Morgan fingerprint density at radius 3 is 1.86 bits per heavy atom.